The number of halogens is 2. The second-order valence-electron chi connectivity index (χ2n) is 4.80. The molecule has 0 aliphatic rings. The second kappa shape index (κ2) is 9.10. The molecular weight excluding hydrogens is 315 g/mol. The van der Waals surface area contributed by atoms with Crippen molar-refractivity contribution in [3.63, 3.8) is 0 Å². The van der Waals surface area contributed by atoms with Crippen LogP contribution in [0.15, 0.2) is 18.2 Å². The first-order valence-electron chi connectivity index (χ1n) is 6.72. The highest BCUT2D eigenvalue weighted by Gasteiger charge is 2.14. The number of hydrogen-bond acceptors (Lipinski definition) is 3. The van der Waals surface area contributed by atoms with Gasteiger partial charge in [0.15, 0.2) is 0 Å². The molecule has 0 radical (unpaired) electrons. The zero-order valence-electron chi connectivity index (χ0n) is 11.8. The standard InChI is InChI=1S/C14H20Cl2N2O3/c1-9(3-2-6-19)18-14(21)17-8-13(20)11-5-4-10(15)7-12(11)16/h4-5,7,9,13,19-20H,2-3,6,8H2,1H3,(H2,17,18,21). The van der Waals surface area contributed by atoms with Crippen LogP contribution in [0.5, 0.6) is 0 Å². The first-order chi connectivity index (χ1) is 9.93. The van der Waals surface area contributed by atoms with E-state index >= 15 is 0 Å². The van der Waals surface area contributed by atoms with Crippen molar-refractivity contribution < 1.29 is 15.0 Å². The second-order valence-corrected chi connectivity index (χ2v) is 5.65. The minimum Gasteiger partial charge on any atom is -0.396 e. The molecule has 0 aromatic heterocycles. The molecule has 0 spiro atoms. The summed E-state index contributed by atoms with van der Waals surface area (Å²) >= 11 is 11.8. The Labute approximate surface area is 134 Å². The molecule has 0 saturated heterocycles. The molecule has 0 aliphatic heterocycles. The van der Waals surface area contributed by atoms with Crippen LogP contribution in [0.25, 0.3) is 0 Å². The smallest absolute Gasteiger partial charge is 0.315 e. The lowest BCUT2D eigenvalue weighted by Gasteiger charge is -2.17. The van der Waals surface area contributed by atoms with Gasteiger partial charge in [-0.05, 0) is 31.9 Å². The zero-order chi connectivity index (χ0) is 15.8. The van der Waals surface area contributed by atoms with E-state index in [9.17, 15) is 9.90 Å². The van der Waals surface area contributed by atoms with Crippen molar-refractivity contribution in [2.24, 2.45) is 0 Å². The number of nitrogens with one attached hydrogen (secondary N) is 2. The van der Waals surface area contributed by atoms with Crippen molar-refractivity contribution in [3.05, 3.63) is 33.8 Å². The number of carbonyl (C=O) groups excluding carboxylic acids is 1. The Morgan fingerprint density at radius 3 is 2.71 bits per heavy atom. The summed E-state index contributed by atoms with van der Waals surface area (Å²) in [6.07, 6.45) is 0.410. The molecule has 1 aromatic rings. The van der Waals surface area contributed by atoms with E-state index in [2.05, 4.69) is 10.6 Å². The third-order valence-corrected chi connectivity index (χ3v) is 3.51. The Bertz CT molecular complexity index is 472. The van der Waals surface area contributed by atoms with E-state index in [1.165, 1.54) is 0 Å². The van der Waals surface area contributed by atoms with Crippen molar-refractivity contribution in [1.29, 1.82) is 0 Å². The van der Waals surface area contributed by atoms with Gasteiger partial charge >= 0.3 is 6.03 Å². The Hall–Kier alpha value is -1.01. The highest BCUT2D eigenvalue weighted by Crippen LogP contribution is 2.25. The minimum atomic E-state index is -0.909. The van der Waals surface area contributed by atoms with Crippen LogP contribution in [0.4, 0.5) is 4.79 Å². The lowest BCUT2D eigenvalue weighted by molar-refractivity contribution is 0.172. The highest BCUT2D eigenvalue weighted by molar-refractivity contribution is 6.35. The summed E-state index contributed by atoms with van der Waals surface area (Å²) in [6, 6.07) is 4.37. The topological polar surface area (TPSA) is 81.6 Å². The summed E-state index contributed by atoms with van der Waals surface area (Å²) < 4.78 is 0. The van der Waals surface area contributed by atoms with Crippen LogP contribution < -0.4 is 10.6 Å². The summed E-state index contributed by atoms with van der Waals surface area (Å²) in [7, 11) is 0. The van der Waals surface area contributed by atoms with Crippen molar-refractivity contribution in [2.75, 3.05) is 13.2 Å². The van der Waals surface area contributed by atoms with Gasteiger partial charge in [0.2, 0.25) is 0 Å². The lowest BCUT2D eigenvalue weighted by atomic mass is 10.1. The molecule has 0 saturated carbocycles. The van der Waals surface area contributed by atoms with Crippen LogP contribution in [-0.2, 0) is 0 Å². The van der Waals surface area contributed by atoms with Gasteiger partial charge in [-0.3, -0.25) is 0 Å². The maximum absolute atomic E-state index is 11.6. The average molecular weight is 335 g/mol. The molecule has 4 N–H and O–H groups in total. The largest absolute Gasteiger partial charge is 0.396 e. The lowest BCUT2D eigenvalue weighted by Crippen LogP contribution is -2.42. The maximum Gasteiger partial charge on any atom is 0.315 e. The summed E-state index contributed by atoms with van der Waals surface area (Å²) in [5.74, 6) is 0. The normalized spacial score (nSPS) is 13.6. The van der Waals surface area contributed by atoms with Gasteiger partial charge in [-0.2, -0.15) is 0 Å². The van der Waals surface area contributed by atoms with Crippen LogP contribution in [0.3, 0.4) is 0 Å². The van der Waals surface area contributed by atoms with Crippen LogP contribution in [-0.4, -0.2) is 35.4 Å². The van der Waals surface area contributed by atoms with Crippen LogP contribution in [0.1, 0.15) is 31.4 Å². The molecule has 0 bridgehead atoms. The fourth-order valence-electron chi connectivity index (χ4n) is 1.82. The van der Waals surface area contributed by atoms with Gasteiger partial charge in [-0.1, -0.05) is 29.3 Å². The molecule has 0 aliphatic carbocycles. The molecule has 2 atom stereocenters. The number of amides is 2. The SMILES string of the molecule is CC(CCCO)NC(=O)NCC(O)c1ccc(Cl)cc1Cl. The van der Waals surface area contributed by atoms with Crippen molar-refractivity contribution >= 4 is 29.2 Å². The molecular formula is C14H20Cl2N2O3. The molecule has 2 amide bonds. The van der Waals surface area contributed by atoms with E-state index in [4.69, 9.17) is 28.3 Å². The van der Waals surface area contributed by atoms with Crippen LogP contribution in [0.2, 0.25) is 10.0 Å². The number of benzene rings is 1. The van der Waals surface area contributed by atoms with E-state index in [0.717, 1.165) is 0 Å². The highest BCUT2D eigenvalue weighted by atomic mass is 35.5. The predicted molar refractivity (Wildman–Crippen MR) is 83.7 cm³/mol. The van der Waals surface area contributed by atoms with E-state index < -0.39 is 6.10 Å². The number of aliphatic hydroxyl groups excluding tert-OH is 2. The van der Waals surface area contributed by atoms with Crippen molar-refractivity contribution in [2.45, 2.75) is 31.9 Å². The number of carbonyl (C=O) groups is 1. The Morgan fingerprint density at radius 1 is 1.38 bits per heavy atom. The monoisotopic (exact) mass is 334 g/mol. The van der Waals surface area contributed by atoms with Crippen molar-refractivity contribution in [1.82, 2.24) is 10.6 Å². The van der Waals surface area contributed by atoms with Gasteiger partial charge in [-0.25, -0.2) is 4.79 Å². The van der Waals surface area contributed by atoms with E-state index in [-0.39, 0.29) is 25.2 Å². The van der Waals surface area contributed by atoms with Gasteiger partial charge < -0.3 is 20.8 Å². The molecule has 118 valence electrons. The summed E-state index contributed by atoms with van der Waals surface area (Å²) in [5, 5.41) is 24.9. The Kier molecular flexibility index (Phi) is 7.82. The first kappa shape index (κ1) is 18.0. The molecule has 5 nitrogen and oxygen atoms in total. The third kappa shape index (κ3) is 6.52. The van der Waals surface area contributed by atoms with E-state index in [1.807, 2.05) is 6.92 Å². The number of aliphatic hydroxyl groups is 2. The minimum absolute atomic E-state index is 0.0416. The van der Waals surface area contributed by atoms with Gasteiger partial charge in [-0.15, -0.1) is 0 Å². The summed E-state index contributed by atoms with van der Waals surface area (Å²) in [4.78, 5) is 11.6. The molecule has 0 heterocycles. The quantitative estimate of drug-likeness (QED) is 0.618. The molecule has 1 rings (SSSR count). The van der Waals surface area contributed by atoms with Crippen LogP contribution >= 0.6 is 23.2 Å². The Balaban J connectivity index is 2.41. The van der Waals surface area contributed by atoms with Gasteiger partial charge in [0.1, 0.15) is 0 Å². The van der Waals surface area contributed by atoms with E-state index in [1.54, 1.807) is 18.2 Å². The van der Waals surface area contributed by atoms with Gasteiger partial charge in [0.25, 0.3) is 0 Å². The molecule has 1 aromatic carbocycles. The van der Waals surface area contributed by atoms with Gasteiger partial charge in [0, 0.05) is 34.8 Å². The summed E-state index contributed by atoms with van der Waals surface area (Å²) in [6.45, 7) is 1.99. The first-order valence-corrected chi connectivity index (χ1v) is 7.48. The third-order valence-electron chi connectivity index (χ3n) is 2.95. The zero-order valence-corrected chi connectivity index (χ0v) is 13.3. The predicted octanol–water partition coefficient (Wildman–Crippen LogP) is 2.49. The molecule has 7 heteroatoms. The maximum atomic E-state index is 11.6. The molecule has 21 heavy (non-hydrogen) atoms. The molecule has 2 unspecified atom stereocenters. The number of urea groups is 1. The fraction of sp³-hybridized carbons (Fsp3) is 0.500. The van der Waals surface area contributed by atoms with Gasteiger partial charge in [0.05, 0.1) is 6.10 Å². The summed E-state index contributed by atoms with van der Waals surface area (Å²) in [5.41, 5.74) is 0.509. The number of hydrogen-bond donors (Lipinski definition) is 4. The van der Waals surface area contributed by atoms with Crippen LogP contribution in [0, 0.1) is 0 Å². The van der Waals surface area contributed by atoms with E-state index in [0.29, 0.717) is 28.5 Å². The molecule has 0 fully saturated rings. The number of rotatable bonds is 7. The fourth-order valence-corrected chi connectivity index (χ4v) is 2.35. The Morgan fingerprint density at radius 2 is 2.10 bits per heavy atom. The van der Waals surface area contributed by atoms with Crippen molar-refractivity contribution in [3.8, 4) is 0 Å². The average Bonchev–Trinajstić information content (AvgIpc) is 2.42.